The van der Waals surface area contributed by atoms with Gasteiger partial charge in [0.2, 0.25) is 0 Å². The predicted octanol–water partition coefficient (Wildman–Crippen LogP) is 4.00. The Balaban J connectivity index is 2.43. The maximum absolute atomic E-state index is 14.2. The molecule has 0 saturated carbocycles. The standard InChI is InChI=1S/C17H19F2N/c1-11-8-12(2)16(15(19)9-11)17(3,20)10-13-6-4-5-7-14(13)18/h4-9H,10,20H2,1-3H3. The van der Waals surface area contributed by atoms with Crippen molar-refractivity contribution >= 4 is 0 Å². The van der Waals surface area contributed by atoms with Crippen molar-refractivity contribution in [2.24, 2.45) is 5.73 Å². The molecule has 2 aromatic carbocycles. The van der Waals surface area contributed by atoms with Gasteiger partial charge in [-0.3, -0.25) is 0 Å². The van der Waals surface area contributed by atoms with E-state index < -0.39 is 5.54 Å². The predicted molar refractivity (Wildman–Crippen MR) is 77.5 cm³/mol. The number of hydrogen-bond acceptors (Lipinski definition) is 1. The Bertz CT molecular complexity index is 610. The van der Waals surface area contributed by atoms with E-state index in [-0.39, 0.29) is 18.1 Å². The first-order valence-electron chi connectivity index (χ1n) is 6.61. The zero-order chi connectivity index (χ0) is 14.9. The van der Waals surface area contributed by atoms with Crippen molar-refractivity contribution in [3.8, 4) is 0 Å². The van der Waals surface area contributed by atoms with Gasteiger partial charge in [-0.2, -0.15) is 0 Å². The lowest BCUT2D eigenvalue weighted by atomic mass is 9.83. The zero-order valence-electron chi connectivity index (χ0n) is 12.0. The lowest BCUT2D eigenvalue weighted by Crippen LogP contribution is -2.37. The SMILES string of the molecule is Cc1cc(C)c(C(C)(N)Cc2ccccc2F)c(F)c1. The first-order chi connectivity index (χ1) is 9.31. The molecule has 0 aromatic heterocycles. The van der Waals surface area contributed by atoms with Gasteiger partial charge in [0.25, 0.3) is 0 Å². The van der Waals surface area contributed by atoms with Crippen LogP contribution in [-0.4, -0.2) is 0 Å². The number of rotatable bonds is 3. The van der Waals surface area contributed by atoms with Crippen LogP contribution < -0.4 is 5.73 Å². The van der Waals surface area contributed by atoms with E-state index in [4.69, 9.17) is 5.73 Å². The lowest BCUT2D eigenvalue weighted by Gasteiger charge is -2.28. The molecule has 0 heterocycles. The van der Waals surface area contributed by atoms with Gasteiger partial charge < -0.3 is 5.73 Å². The van der Waals surface area contributed by atoms with Crippen LogP contribution in [0.25, 0.3) is 0 Å². The summed E-state index contributed by atoms with van der Waals surface area (Å²) < 4.78 is 28.0. The van der Waals surface area contributed by atoms with Gasteiger partial charge in [-0.25, -0.2) is 8.78 Å². The minimum absolute atomic E-state index is 0.250. The highest BCUT2D eigenvalue weighted by atomic mass is 19.1. The molecule has 106 valence electrons. The van der Waals surface area contributed by atoms with Crippen LogP contribution in [0.2, 0.25) is 0 Å². The van der Waals surface area contributed by atoms with E-state index >= 15 is 0 Å². The Hall–Kier alpha value is -1.74. The van der Waals surface area contributed by atoms with Crippen LogP contribution in [0.4, 0.5) is 8.78 Å². The molecule has 20 heavy (non-hydrogen) atoms. The molecular weight excluding hydrogens is 256 g/mol. The molecule has 1 unspecified atom stereocenters. The number of benzene rings is 2. The molecule has 0 fully saturated rings. The minimum atomic E-state index is -0.954. The monoisotopic (exact) mass is 275 g/mol. The van der Waals surface area contributed by atoms with Crippen molar-refractivity contribution < 1.29 is 8.78 Å². The maximum Gasteiger partial charge on any atom is 0.128 e. The fourth-order valence-corrected chi connectivity index (χ4v) is 2.76. The molecule has 3 heteroatoms. The summed E-state index contributed by atoms with van der Waals surface area (Å²) in [4.78, 5) is 0. The lowest BCUT2D eigenvalue weighted by molar-refractivity contribution is 0.444. The average molecular weight is 275 g/mol. The molecular formula is C17H19F2N. The molecule has 2 aromatic rings. The summed E-state index contributed by atoms with van der Waals surface area (Å²) in [6.07, 6.45) is 0.250. The first-order valence-corrected chi connectivity index (χ1v) is 6.61. The number of hydrogen-bond donors (Lipinski definition) is 1. The maximum atomic E-state index is 14.2. The molecule has 1 nitrogen and oxygen atoms in total. The molecule has 0 saturated heterocycles. The summed E-state index contributed by atoms with van der Waals surface area (Å²) >= 11 is 0. The van der Waals surface area contributed by atoms with Gasteiger partial charge in [-0.05, 0) is 56.0 Å². The van der Waals surface area contributed by atoms with E-state index in [1.807, 2.05) is 19.9 Å². The van der Waals surface area contributed by atoms with Gasteiger partial charge >= 0.3 is 0 Å². The van der Waals surface area contributed by atoms with Gasteiger partial charge in [0.05, 0.1) is 0 Å². The average Bonchev–Trinajstić information content (AvgIpc) is 2.30. The van der Waals surface area contributed by atoms with Crippen LogP contribution in [-0.2, 0) is 12.0 Å². The molecule has 0 aliphatic rings. The van der Waals surface area contributed by atoms with E-state index in [1.54, 1.807) is 25.1 Å². The Labute approximate surface area is 118 Å². The molecule has 0 aliphatic heterocycles. The van der Waals surface area contributed by atoms with Crippen LogP contribution in [0.1, 0.15) is 29.2 Å². The topological polar surface area (TPSA) is 26.0 Å². The van der Waals surface area contributed by atoms with Gasteiger partial charge in [-0.15, -0.1) is 0 Å². The first kappa shape index (κ1) is 14.7. The van der Waals surface area contributed by atoms with Gasteiger partial charge in [-0.1, -0.05) is 24.3 Å². The van der Waals surface area contributed by atoms with E-state index in [2.05, 4.69) is 0 Å². The van der Waals surface area contributed by atoms with E-state index in [0.717, 1.165) is 11.1 Å². The van der Waals surface area contributed by atoms with Crippen LogP contribution in [0.15, 0.2) is 36.4 Å². The normalized spacial score (nSPS) is 14.1. The van der Waals surface area contributed by atoms with Crippen molar-refractivity contribution in [2.75, 3.05) is 0 Å². The van der Waals surface area contributed by atoms with Crippen molar-refractivity contribution in [1.82, 2.24) is 0 Å². The van der Waals surface area contributed by atoms with E-state index in [9.17, 15) is 8.78 Å². The number of nitrogens with two attached hydrogens (primary N) is 1. The van der Waals surface area contributed by atoms with Crippen molar-refractivity contribution in [1.29, 1.82) is 0 Å². The second kappa shape index (κ2) is 5.33. The highest BCUT2D eigenvalue weighted by molar-refractivity contribution is 5.38. The Morgan fingerprint density at radius 3 is 2.30 bits per heavy atom. The summed E-state index contributed by atoms with van der Waals surface area (Å²) in [5.74, 6) is -0.641. The molecule has 0 bridgehead atoms. The summed E-state index contributed by atoms with van der Waals surface area (Å²) in [7, 11) is 0. The minimum Gasteiger partial charge on any atom is -0.321 e. The largest absolute Gasteiger partial charge is 0.321 e. The fourth-order valence-electron chi connectivity index (χ4n) is 2.76. The molecule has 1 atom stereocenters. The summed E-state index contributed by atoms with van der Waals surface area (Å²) in [5, 5.41) is 0. The van der Waals surface area contributed by atoms with Gasteiger partial charge in [0.1, 0.15) is 11.6 Å². The summed E-state index contributed by atoms with van der Waals surface area (Å²) in [6, 6.07) is 9.82. The highest BCUT2D eigenvalue weighted by Crippen LogP contribution is 2.29. The molecule has 2 N–H and O–H groups in total. The third-order valence-electron chi connectivity index (χ3n) is 3.52. The van der Waals surface area contributed by atoms with E-state index in [1.165, 1.54) is 12.1 Å². The molecule has 0 aliphatic carbocycles. The zero-order valence-corrected chi connectivity index (χ0v) is 12.0. The highest BCUT2D eigenvalue weighted by Gasteiger charge is 2.28. The third kappa shape index (κ3) is 2.88. The second-order valence-corrected chi connectivity index (χ2v) is 5.62. The van der Waals surface area contributed by atoms with Crippen molar-refractivity contribution in [3.63, 3.8) is 0 Å². The smallest absolute Gasteiger partial charge is 0.128 e. The molecule has 0 amide bonds. The van der Waals surface area contributed by atoms with Crippen LogP contribution >= 0.6 is 0 Å². The molecule has 2 rings (SSSR count). The van der Waals surface area contributed by atoms with Crippen LogP contribution in [0.3, 0.4) is 0 Å². The summed E-state index contributed by atoms with van der Waals surface area (Å²) in [5.41, 5.74) is 7.92. The third-order valence-corrected chi connectivity index (χ3v) is 3.52. The van der Waals surface area contributed by atoms with Crippen LogP contribution in [0.5, 0.6) is 0 Å². The Morgan fingerprint density at radius 2 is 1.70 bits per heavy atom. The summed E-state index contributed by atoms with van der Waals surface area (Å²) in [6.45, 7) is 5.41. The second-order valence-electron chi connectivity index (χ2n) is 5.62. The Morgan fingerprint density at radius 1 is 1.05 bits per heavy atom. The molecule has 0 spiro atoms. The van der Waals surface area contributed by atoms with Gasteiger partial charge in [0, 0.05) is 11.1 Å². The quantitative estimate of drug-likeness (QED) is 0.900. The van der Waals surface area contributed by atoms with Crippen molar-refractivity contribution in [3.05, 3.63) is 70.3 Å². The number of aryl methyl sites for hydroxylation is 2. The fraction of sp³-hybridized carbons (Fsp3) is 0.294. The Kier molecular flexibility index (Phi) is 3.91. The van der Waals surface area contributed by atoms with Crippen molar-refractivity contribution in [2.45, 2.75) is 32.7 Å². The van der Waals surface area contributed by atoms with Crippen LogP contribution in [0, 0.1) is 25.5 Å². The molecule has 0 radical (unpaired) electrons. The van der Waals surface area contributed by atoms with E-state index in [0.29, 0.717) is 11.1 Å². The van der Waals surface area contributed by atoms with Gasteiger partial charge in [0.15, 0.2) is 0 Å². The number of halogens is 2.